The van der Waals surface area contributed by atoms with Gasteiger partial charge in [0.05, 0.1) is 10.6 Å². The van der Waals surface area contributed by atoms with Crippen LogP contribution in [0.5, 0.6) is 0 Å². The fourth-order valence-corrected chi connectivity index (χ4v) is 2.82. The number of ketones is 2. The zero-order chi connectivity index (χ0) is 14.7. The van der Waals surface area contributed by atoms with Crippen LogP contribution in [0.4, 0.5) is 0 Å². The number of Topliss-reactive ketones (excluding diaryl/α,β-unsaturated/α-hetero) is 1. The van der Waals surface area contributed by atoms with Gasteiger partial charge in [-0.3, -0.25) is 9.59 Å². The number of halogens is 1. The Balaban J connectivity index is 2.22. The Morgan fingerprint density at radius 1 is 1.25 bits per heavy atom. The molecule has 0 fully saturated rings. The minimum absolute atomic E-state index is 0.0563. The van der Waals surface area contributed by atoms with Crippen LogP contribution in [0.3, 0.4) is 0 Å². The molecule has 0 bridgehead atoms. The number of carbonyl (C=O) groups is 2. The van der Waals surface area contributed by atoms with Crippen LogP contribution in [-0.4, -0.2) is 11.6 Å². The highest BCUT2D eigenvalue weighted by molar-refractivity contribution is 9.10. The van der Waals surface area contributed by atoms with Crippen LogP contribution in [-0.2, 0) is 0 Å². The standard InChI is InChI=1S/C15H12BrNO2S/c1-9-5-6-14(20-9)13(18)8-12(17)15(19)10-3-2-4-11(16)7-10/h2-8H,17H2,1H3. The van der Waals surface area contributed by atoms with Gasteiger partial charge in [0, 0.05) is 21.0 Å². The Morgan fingerprint density at radius 2 is 2.00 bits per heavy atom. The lowest BCUT2D eigenvalue weighted by Crippen LogP contribution is -2.13. The van der Waals surface area contributed by atoms with E-state index >= 15 is 0 Å². The molecule has 0 amide bonds. The number of carbonyl (C=O) groups excluding carboxylic acids is 2. The number of nitrogens with two attached hydrogens (primary N) is 1. The Kier molecular flexibility index (Phi) is 4.52. The first-order valence-corrected chi connectivity index (χ1v) is 7.46. The van der Waals surface area contributed by atoms with Crippen LogP contribution in [0.1, 0.15) is 24.9 Å². The molecule has 5 heteroatoms. The number of allylic oxidation sites excluding steroid dienone is 2. The summed E-state index contributed by atoms with van der Waals surface area (Å²) >= 11 is 4.67. The van der Waals surface area contributed by atoms with E-state index in [9.17, 15) is 9.59 Å². The van der Waals surface area contributed by atoms with E-state index in [1.807, 2.05) is 19.1 Å². The van der Waals surface area contributed by atoms with E-state index in [0.717, 1.165) is 9.35 Å². The SMILES string of the molecule is Cc1ccc(C(=O)C=C(N)C(=O)c2cccc(Br)c2)s1. The van der Waals surface area contributed by atoms with Gasteiger partial charge in [-0.05, 0) is 31.2 Å². The van der Waals surface area contributed by atoms with Crippen molar-refractivity contribution in [3.8, 4) is 0 Å². The van der Waals surface area contributed by atoms with E-state index in [2.05, 4.69) is 15.9 Å². The molecule has 0 saturated heterocycles. The summed E-state index contributed by atoms with van der Waals surface area (Å²) in [5.41, 5.74) is 6.12. The first-order valence-electron chi connectivity index (χ1n) is 5.85. The number of rotatable bonds is 4. The molecule has 2 N–H and O–H groups in total. The van der Waals surface area contributed by atoms with E-state index in [0.29, 0.717) is 10.4 Å². The molecule has 0 spiro atoms. The number of hydrogen-bond acceptors (Lipinski definition) is 4. The lowest BCUT2D eigenvalue weighted by Gasteiger charge is -2.01. The zero-order valence-corrected chi connectivity index (χ0v) is 13.1. The minimum Gasteiger partial charge on any atom is -0.395 e. The van der Waals surface area contributed by atoms with Gasteiger partial charge in [0.1, 0.15) is 0 Å². The average molecular weight is 350 g/mol. The molecule has 0 radical (unpaired) electrons. The third-order valence-corrected chi connectivity index (χ3v) is 4.13. The monoisotopic (exact) mass is 349 g/mol. The molecule has 102 valence electrons. The van der Waals surface area contributed by atoms with E-state index in [1.54, 1.807) is 24.3 Å². The van der Waals surface area contributed by atoms with Gasteiger partial charge in [-0.15, -0.1) is 11.3 Å². The maximum Gasteiger partial charge on any atom is 0.208 e. The highest BCUT2D eigenvalue weighted by atomic mass is 79.9. The summed E-state index contributed by atoms with van der Waals surface area (Å²) in [5.74, 6) is -0.600. The van der Waals surface area contributed by atoms with E-state index in [1.165, 1.54) is 17.4 Å². The lowest BCUT2D eigenvalue weighted by atomic mass is 10.1. The second-order valence-corrected chi connectivity index (χ2v) is 6.42. The summed E-state index contributed by atoms with van der Waals surface area (Å²) in [6, 6.07) is 10.5. The molecule has 0 atom stereocenters. The second-order valence-electron chi connectivity index (χ2n) is 4.21. The topological polar surface area (TPSA) is 60.2 Å². The van der Waals surface area contributed by atoms with Crippen molar-refractivity contribution in [3.63, 3.8) is 0 Å². The average Bonchev–Trinajstić information content (AvgIpc) is 2.84. The lowest BCUT2D eigenvalue weighted by molar-refractivity contribution is 0.101. The van der Waals surface area contributed by atoms with Gasteiger partial charge in [-0.2, -0.15) is 0 Å². The Morgan fingerprint density at radius 3 is 2.60 bits per heavy atom. The van der Waals surface area contributed by atoms with Gasteiger partial charge < -0.3 is 5.73 Å². The summed E-state index contributed by atoms with van der Waals surface area (Å²) in [5, 5.41) is 0. The minimum atomic E-state index is -0.354. The van der Waals surface area contributed by atoms with Crippen LogP contribution in [0.25, 0.3) is 0 Å². The normalized spacial score (nSPS) is 11.4. The molecule has 2 aromatic rings. The van der Waals surface area contributed by atoms with Gasteiger partial charge in [0.15, 0.2) is 5.78 Å². The van der Waals surface area contributed by atoms with E-state index in [-0.39, 0.29) is 17.3 Å². The Bertz CT molecular complexity index is 703. The molecule has 1 aromatic carbocycles. The van der Waals surface area contributed by atoms with E-state index in [4.69, 9.17) is 5.73 Å². The molecule has 0 aliphatic heterocycles. The van der Waals surface area contributed by atoms with Crippen molar-refractivity contribution < 1.29 is 9.59 Å². The van der Waals surface area contributed by atoms with Crippen molar-refractivity contribution >= 4 is 38.8 Å². The number of thiophene rings is 1. The molecule has 1 heterocycles. The maximum atomic E-state index is 12.1. The summed E-state index contributed by atoms with van der Waals surface area (Å²) in [4.78, 5) is 25.7. The smallest absolute Gasteiger partial charge is 0.208 e. The summed E-state index contributed by atoms with van der Waals surface area (Å²) in [6.45, 7) is 1.92. The molecule has 0 aliphatic rings. The first kappa shape index (κ1) is 14.7. The van der Waals surface area contributed by atoms with Crippen LogP contribution >= 0.6 is 27.3 Å². The molecule has 0 unspecified atom stereocenters. The molecular formula is C15H12BrNO2S. The largest absolute Gasteiger partial charge is 0.395 e. The summed E-state index contributed by atoms with van der Waals surface area (Å²) in [6.07, 6.45) is 1.19. The number of hydrogen-bond donors (Lipinski definition) is 1. The highest BCUT2D eigenvalue weighted by Gasteiger charge is 2.13. The van der Waals surface area contributed by atoms with Gasteiger partial charge >= 0.3 is 0 Å². The highest BCUT2D eigenvalue weighted by Crippen LogP contribution is 2.17. The van der Waals surface area contributed by atoms with Crippen LogP contribution in [0, 0.1) is 6.92 Å². The molecule has 0 saturated carbocycles. The van der Waals surface area contributed by atoms with Gasteiger partial charge in [0.2, 0.25) is 5.78 Å². The van der Waals surface area contributed by atoms with Gasteiger partial charge in [-0.1, -0.05) is 28.1 Å². The summed E-state index contributed by atoms with van der Waals surface area (Å²) in [7, 11) is 0. The molecule has 0 aliphatic carbocycles. The van der Waals surface area contributed by atoms with Gasteiger partial charge in [-0.25, -0.2) is 0 Å². The van der Waals surface area contributed by atoms with Crippen LogP contribution in [0.15, 0.2) is 52.6 Å². The number of aryl methyl sites for hydroxylation is 1. The third kappa shape index (κ3) is 3.43. The van der Waals surface area contributed by atoms with Crippen molar-refractivity contribution in [2.24, 2.45) is 5.73 Å². The molecule has 20 heavy (non-hydrogen) atoms. The predicted molar refractivity (Wildman–Crippen MR) is 84.1 cm³/mol. The third-order valence-electron chi connectivity index (χ3n) is 2.62. The quantitative estimate of drug-likeness (QED) is 0.675. The second kappa shape index (κ2) is 6.15. The molecular weight excluding hydrogens is 338 g/mol. The molecule has 2 rings (SSSR count). The Hall–Kier alpha value is -1.72. The van der Waals surface area contributed by atoms with Crippen molar-refractivity contribution in [3.05, 3.63) is 68.0 Å². The van der Waals surface area contributed by atoms with E-state index < -0.39 is 0 Å². The number of benzene rings is 1. The van der Waals surface area contributed by atoms with Gasteiger partial charge in [0.25, 0.3) is 0 Å². The zero-order valence-electron chi connectivity index (χ0n) is 10.7. The molecule has 3 nitrogen and oxygen atoms in total. The van der Waals surface area contributed by atoms with Crippen LogP contribution < -0.4 is 5.73 Å². The van der Waals surface area contributed by atoms with Crippen molar-refractivity contribution in [2.45, 2.75) is 6.92 Å². The first-order chi connectivity index (χ1) is 9.47. The fourth-order valence-electron chi connectivity index (χ4n) is 1.64. The van der Waals surface area contributed by atoms with Crippen molar-refractivity contribution in [1.29, 1.82) is 0 Å². The predicted octanol–water partition coefficient (Wildman–Crippen LogP) is 3.73. The van der Waals surface area contributed by atoms with Crippen molar-refractivity contribution in [2.75, 3.05) is 0 Å². The van der Waals surface area contributed by atoms with Crippen molar-refractivity contribution in [1.82, 2.24) is 0 Å². The summed E-state index contributed by atoms with van der Waals surface area (Å²) < 4.78 is 0.788. The fraction of sp³-hybridized carbons (Fsp3) is 0.0667. The Labute approximate surface area is 129 Å². The molecule has 1 aromatic heterocycles. The van der Waals surface area contributed by atoms with Crippen LogP contribution in [0.2, 0.25) is 0 Å². The maximum absolute atomic E-state index is 12.1.